The summed E-state index contributed by atoms with van der Waals surface area (Å²) in [5.74, 6) is -1.34. The fourth-order valence-corrected chi connectivity index (χ4v) is 6.98. The van der Waals surface area contributed by atoms with Crippen LogP contribution < -0.4 is 10.1 Å². The van der Waals surface area contributed by atoms with Crippen molar-refractivity contribution in [3.05, 3.63) is 114 Å². The van der Waals surface area contributed by atoms with Gasteiger partial charge >= 0.3 is 0 Å². The van der Waals surface area contributed by atoms with Crippen LogP contribution in [0.3, 0.4) is 0 Å². The first-order valence-corrected chi connectivity index (χ1v) is 15.5. The van der Waals surface area contributed by atoms with Crippen LogP contribution in [0.4, 0.5) is 0 Å². The molecule has 1 aliphatic carbocycles. The van der Waals surface area contributed by atoms with Gasteiger partial charge in [-0.1, -0.05) is 42.5 Å². The average molecular weight is 588 g/mol. The zero-order chi connectivity index (χ0) is 29.7. The number of aromatic nitrogens is 2. The predicted octanol–water partition coefficient (Wildman–Crippen LogP) is 4.03. The van der Waals surface area contributed by atoms with Gasteiger partial charge in [-0.25, -0.2) is 13.4 Å². The van der Waals surface area contributed by atoms with E-state index in [0.29, 0.717) is 30.7 Å². The molecule has 5 rings (SSSR count). The number of aliphatic hydroxyl groups is 1. The second-order valence-corrected chi connectivity index (χ2v) is 12.5. The highest BCUT2D eigenvalue weighted by atomic mass is 32.2. The van der Waals surface area contributed by atoms with Crippen molar-refractivity contribution in [1.29, 1.82) is 0 Å². The number of ketones is 1. The summed E-state index contributed by atoms with van der Waals surface area (Å²) in [4.78, 5) is 30.1. The van der Waals surface area contributed by atoms with Crippen LogP contribution in [0.25, 0.3) is 0 Å². The summed E-state index contributed by atoms with van der Waals surface area (Å²) in [6.07, 6.45) is 5.15. The molecule has 0 spiro atoms. The summed E-state index contributed by atoms with van der Waals surface area (Å²) >= 11 is 0. The lowest BCUT2D eigenvalue weighted by Gasteiger charge is -2.25. The van der Waals surface area contributed by atoms with Gasteiger partial charge < -0.3 is 19.7 Å². The van der Waals surface area contributed by atoms with Crippen molar-refractivity contribution in [2.24, 2.45) is 5.92 Å². The first-order valence-electron chi connectivity index (χ1n) is 13.8. The smallest absolute Gasteiger partial charge is 0.252 e. The van der Waals surface area contributed by atoms with Gasteiger partial charge in [0.05, 0.1) is 35.2 Å². The van der Waals surface area contributed by atoms with Gasteiger partial charge in [-0.3, -0.25) is 9.59 Å². The second-order valence-electron chi connectivity index (χ2n) is 10.5. The summed E-state index contributed by atoms with van der Waals surface area (Å²) in [6.45, 7) is 2.07. The molecule has 1 heterocycles. The van der Waals surface area contributed by atoms with Crippen molar-refractivity contribution in [3.63, 3.8) is 0 Å². The third-order valence-corrected chi connectivity index (χ3v) is 9.17. The number of sulfone groups is 1. The Morgan fingerprint density at radius 1 is 1.12 bits per heavy atom. The minimum Gasteiger partial charge on any atom is -0.484 e. The van der Waals surface area contributed by atoms with Gasteiger partial charge in [0.15, 0.2) is 15.6 Å². The number of amides is 1. The van der Waals surface area contributed by atoms with Gasteiger partial charge in [0.25, 0.3) is 5.91 Å². The van der Waals surface area contributed by atoms with Crippen LogP contribution in [0.1, 0.15) is 51.3 Å². The monoisotopic (exact) mass is 587 g/mol. The Hall–Kier alpha value is -4.28. The average Bonchev–Trinajstić information content (AvgIpc) is 3.51. The first-order chi connectivity index (χ1) is 20.2. The van der Waals surface area contributed by atoms with E-state index in [1.54, 1.807) is 36.8 Å². The van der Waals surface area contributed by atoms with E-state index >= 15 is 0 Å². The number of Topliss-reactive ketones (excluding diaryl/α,β-unsaturated/α-hetero) is 1. The number of carbonyl (C=O) groups is 2. The molecule has 2 N–H and O–H groups in total. The summed E-state index contributed by atoms with van der Waals surface area (Å²) in [6, 6.07) is 21.1. The van der Waals surface area contributed by atoms with Crippen LogP contribution in [-0.2, 0) is 22.8 Å². The molecular weight excluding hydrogens is 554 g/mol. The second kappa shape index (κ2) is 12.7. The molecule has 10 heteroatoms. The number of nitrogens with one attached hydrogen (secondary N) is 1. The van der Waals surface area contributed by atoms with E-state index in [1.165, 1.54) is 19.1 Å². The zero-order valence-electron chi connectivity index (χ0n) is 23.2. The molecule has 1 amide bonds. The molecule has 0 saturated carbocycles. The number of hydrogen-bond donors (Lipinski definition) is 2. The number of aryl methyl sites for hydroxylation is 1. The van der Waals surface area contributed by atoms with Crippen molar-refractivity contribution in [1.82, 2.24) is 14.9 Å². The van der Waals surface area contributed by atoms with E-state index < -0.39 is 33.5 Å². The molecule has 218 valence electrons. The van der Waals surface area contributed by atoms with E-state index in [2.05, 4.69) is 10.3 Å². The lowest BCUT2D eigenvalue weighted by atomic mass is 9.83. The van der Waals surface area contributed by atoms with Crippen molar-refractivity contribution in [2.75, 3.05) is 12.3 Å². The maximum atomic E-state index is 13.5. The van der Waals surface area contributed by atoms with E-state index in [9.17, 15) is 23.1 Å². The predicted molar refractivity (Wildman–Crippen MR) is 157 cm³/mol. The van der Waals surface area contributed by atoms with Crippen LogP contribution >= 0.6 is 0 Å². The first kappa shape index (κ1) is 29.2. The van der Waals surface area contributed by atoms with Gasteiger partial charge in [-0.15, -0.1) is 0 Å². The SMILES string of the molecule is C[C@H](O)CNC(=O)c1ccccc1S(=O)(=O)CC1CCc2cc(O[C@H](Cn3ccnc3)c3ccccc3)ccc2C1=O. The van der Waals surface area contributed by atoms with Crippen LogP contribution in [-0.4, -0.2) is 53.2 Å². The number of nitrogens with zero attached hydrogens (tertiary/aromatic N) is 2. The third kappa shape index (κ3) is 6.78. The Labute approximate surface area is 245 Å². The van der Waals surface area contributed by atoms with Crippen molar-refractivity contribution < 1.29 is 27.9 Å². The molecule has 1 unspecified atom stereocenters. The summed E-state index contributed by atoms with van der Waals surface area (Å²) < 4.78 is 35.3. The van der Waals surface area contributed by atoms with E-state index in [-0.39, 0.29) is 28.9 Å². The zero-order valence-corrected chi connectivity index (χ0v) is 24.0. The molecule has 4 aromatic rings. The Bertz CT molecular complexity index is 1650. The molecule has 0 fully saturated rings. The van der Waals surface area contributed by atoms with Crippen LogP contribution in [0.2, 0.25) is 0 Å². The lowest BCUT2D eigenvalue weighted by molar-refractivity contribution is 0.0912. The summed E-state index contributed by atoms with van der Waals surface area (Å²) in [5.41, 5.74) is 2.30. The Morgan fingerprint density at radius 2 is 1.88 bits per heavy atom. The summed E-state index contributed by atoms with van der Waals surface area (Å²) in [7, 11) is -3.97. The van der Waals surface area contributed by atoms with Crippen LogP contribution in [0.15, 0.2) is 96.4 Å². The molecular formula is C32H33N3O6S. The molecule has 1 aliphatic rings. The number of imidazole rings is 1. The normalized spacial score (nSPS) is 16.3. The highest BCUT2D eigenvalue weighted by Crippen LogP contribution is 2.33. The van der Waals surface area contributed by atoms with Crippen LogP contribution in [0, 0.1) is 5.92 Å². The molecule has 0 aliphatic heterocycles. The number of benzene rings is 3. The molecule has 3 atom stereocenters. The van der Waals surface area contributed by atoms with Gasteiger partial charge in [-0.2, -0.15) is 0 Å². The van der Waals surface area contributed by atoms with E-state index in [0.717, 1.165) is 11.1 Å². The topological polar surface area (TPSA) is 128 Å². The molecule has 1 aromatic heterocycles. The molecule has 0 bridgehead atoms. The van der Waals surface area contributed by atoms with Crippen molar-refractivity contribution >= 4 is 21.5 Å². The van der Waals surface area contributed by atoms with E-state index in [1.807, 2.05) is 47.2 Å². The van der Waals surface area contributed by atoms with Crippen molar-refractivity contribution in [3.8, 4) is 5.75 Å². The molecule has 9 nitrogen and oxygen atoms in total. The fraction of sp³-hybridized carbons (Fsp3) is 0.281. The standard InChI is InChI=1S/C32H33N3O6S/c1-22(36)18-34-32(38)28-9-5-6-10-30(28)42(39,40)20-25-12-11-24-17-26(13-14-27(24)31(25)37)41-29(19-35-16-15-33-21-35)23-7-3-2-4-8-23/h2-10,13-17,21-22,25,29,36H,11-12,18-20H2,1H3,(H,34,38)/t22-,25?,29+/m0/s1. The maximum absolute atomic E-state index is 13.5. The number of carbonyl (C=O) groups excluding carboxylic acids is 2. The van der Waals surface area contributed by atoms with Gasteiger partial charge in [0.2, 0.25) is 0 Å². The van der Waals surface area contributed by atoms with Gasteiger partial charge in [-0.05, 0) is 61.2 Å². The Morgan fingerprint density at radius 3 is 2.62 bits per heavy atom. The number of rotatable bonds is 11. The lowest BCUT2D eigenvalue weighted by Crippen LogP contribution is -2.33. The van der Waals surface area contributed by atoms with Crippen LogP contribution in [0.5, 0.6) is 5.75 Å². The Balaban J connectivity index is 1.32. The minimum atomic E-state index is -3.97. The van der Waals surface area contributed by atoms with Gasteiger partial charge in [0.1, 0.15) is 11.9 Å². The molecule has 42 heavy (non-hydrogen) atoms. The minimum absolute atomic E-state index is 0.00716. The largest absolute Gasteiger partial charge is 0.484 e. The molecule has 0 radical (unpaired) electrons. The third-order valence-electron chi connectivity index (χ3n) is 7.31. The maximum Gasteiger partial charge on any atom is 0.252 e. The number of fused-ring (bicyclic) bond motifs is 1. The number of aliphatic hydroxyl groups excluding tert-OH is 1. The quantitative estimate of drug-likeness (QED) is 0.271. The highest BCUT2D eigenvalue weighted by molar-refractivity contribution is 7.91. The van der Waals surface area contributed by atoms with E-state index in [4.69, 9.17) is 4.74 Å². The number of ether oxygens (including phenoxy) is 1. The molecule has 3 aromatic carbocycles. The fourth-order valence-electron chi connectivity index (χ4n) is 5.17. The van der Waals surface area contributed by atoms with Gasteiger partial charge in [0, 0.05) is 30.4 Å². The van der Waals surface area contributed by atoms with Crippen molar-refractivity contribution in [2.45, 2.75) is 43.4 Å². The number of hydrogen-bond acceptors (Lipinski definition) is 7. The highest BCUT2D eigenvalue weighted by Gasteiger charge is 2.34. The Kier molecular flexibility index (Phi) is 8.84. The molecule has 0 saturated heterocycles. The summed E-state index contributed by atoms with van der Waals surface area (Å²) in [5, 5.41) is 12.0.